The second kappa shape index (κ2) is 8.60. The fourth-order valence-electron chi connectivity index (χ4n) is 2.07. The fourth-order valence-corrected chi connectivity index (χ4v) is 3.05. The maximum atomic E-state index is 12.1. The lowest BCUT2D eigenvalue weighted by atomic mass is 10.2. The number of amides is 1. The minimum absolute atomic E-state index is 0.0112. The Hall–Kier alpha value is -2.29. The number of carbonyl (C=O) groups excluding carboxylic acids is 2. The molecule has 1 N–H and O–H groups in total. The van der Waals surface area contributed by atoms with Crippen molar-refractivity contribution in [3.05, 3.63) is 52.0 Å². The minimum atomic E-state index is -3.47. The first-order valence-corrected chi connectivity index (χ1v) is 10.1. The van der Waals surface area contributed by atoms with Crippen LogP contribution in [0.1, 0.15) is 10.4 Å². The lowest BCUT2D eigenvalue weighted by Gasteiger charge is -2.11. The molecule has 0 aromatic heterocycles. The maximum Gasteiger partial charge on any atom is 0.342 e. The zero-order valence-electron chi connectivity index (χ0n) is 14.3. The summed E-state index contributed by atoms with van der Waals surface area (Å²) in [6, 6.07) is 8.27. The quantitative estimate of drug-likeness (QED) is 0.704. The van der Waals surface area contributed by atoms with Crippen LogP contribution in [-0.4, -0.2) is 40.3 Å². The Kier molecular flexibility index (Phi) is 6.69. The zero-order chi connectivity index (χ0) is 20.2. The Labute approximate surface area is 166 Å². The van der Waals surface area contributed by atoms with Gasteiger partial charge in [-0.1, -0.05) is 23.2 Å². The normalized spacial score (nSPS) is 11.0. The Balaban J connectivity index is 2.07. The molecule has 0 spiro atoms. The molecule has 1 amide bonds. The molecule has 0 saturated carbocycles. The lowest BCUT2D eigenvalue weighted by molar-refractivity contribution is -0.119. The van der Waals surface area contributed by atoms with Gasteiger partial charge in [-0.2, -0.15) is 0 Å². The molecule has 2 aromatic carbocycles. The average molecular weight is 432 g/mol. The molecule has 0 heterocycles. The van der Waals surface area contributed by atoms with Crippen molar-refractivity contribution in [1.82, 2.24) is 0 Å². The molecule has 7 nitrogen and oxygen atoms in total. The number of methoxy groups -OCH3 is 1. The van der Waals surface area contributed by atoms with Crippen molar-refractivity contribution in [2.75, 3.05) is 25.3 Å². The van der Waals surface area contributed by atoms with E-state index in [0.29, 0.717) is 5.02 Å². The summed E-state index contributed by atoms with van der Waals surface area (Å²) >= 11 is 11.8. The number of hydrogen-bond donors (Lipinski definition) is 1. The third kappa shape index (κ3) is 5.59. The first-order chi connectivity index (χ1) is 12.6. The zero-order valence-corrected chi connectivity index (χ0v) is 16.6. The number of esters is 1. The van der Waals surface area contributed by atoms with Crippen molar-refractivity contribution in [1.29, 1.82) is 0 Å². The number of carbonyl (C=O) groups is 2. The van der Waals surface area contributed by atoms with Gasteiger partial charge >= 0.3 is 5.97 Å². The van der Waals surface area contributed by atoms with Gasteiger partial charge < -0.3 is 14.8 Å². The first-order valence-electron chi connectivity index (χ1n) is 7.42. The highest BCUT2D eigenvalue weighted by Gasteiger charge is 2.17. The summed E-state index contributed by atoms with van der Waals surface area (Å²) in [5.41, 5.74) is 0.149. The summed E-state index contributed by atoms with van der Waals surface area (Å²) in [4.78, 5) is 24.2. The van der Waals surface area contributed by atoms with Crippen LogP contribution in [-0.2, 0) is 19.4 Å². The van der Waals surface area contributed by atoms with Crippen molar-refractivity contribution < 1.29 is 27.5 Å². The van der Waals surface area contributed by atoms with Gasteiger partial charge in [-0.15, -0.1) is 0 Å². The highest BCUT2D eigenvalue weighted by atomic mass is 35.5. The SMILES string of the molecule is COc1ccc(Cl)cc1C(=O)OCC(=O)Nc1cc(S(C)(=O)=O)ccc1Cl. The molecule has 0 radical (unpaired) electrons. The molecular formula is C17H15Cl2NO6S. The number of rotatable bonds is 6. The van der Waals surface area contributed by atoms with Gasteiger partial charge in [0.05, 0.1) is 22.7 Å². The molecule has 27 heavy (non-hydrogen) atoms. The minimum Gasteiger partial charge on any atom is -0.496 e. The topological polar surface area (TPSA) is 98.8 Å². The molecule has 0 bridgehead atoms. The Morgan fingerprint density at radius 3 is 2.44 bits per heavy atom. The van der Waals surface area contributed by atoms with E-state index in [-0.39, 0.29) is 26.9 Å². The van der Waals surface area contributed by atoms with E-state index < -0.39 is 28.3 Å². The molecule has 0 aliphatic heterocycles. The van der Waals surface area contributed by atoms with Crippen molar-refractivity contribution in [3.63, 3.8) is 0 Å². The van der Waals surface area contributed by atoms with Crippen LogP contribution in [0.15, 0.2) is 41.3 Å². The van der Waals surface area contributed by atoms with E-state index in [1.165, 1.54) is 37.4 Å². The van der Waals surface area contributed by atoms with Crippen LogP contribution in [0.5, 0.6) is 5.75 Å². The van der Waals surface area contributed by atoms with Crippen LogP contribution in [0, 0.1) is 0 Å². The predicted molar refractivity (Wildman–Crippen MR) is 101 cm³/mol. The van der Waals surface area contributed by atoms with Crippen LogP contribution >= 0.6 is 23.2 Å². The van der Waals surface area contributed by atoms with Crippen molar-refractivity contribution in [2.45, 2.75) is 4.90 Å². The maximum absolute atomic E-state index is 12.1. The number of halogens is 2. The molecule has 2 rings (SSSR count). The van der Waals surface area contributed by atoms with E-state index in [1.807, 2.05) is 0 Å². The molecule has 2 aromatic rings. The van der Waals surface area contributed by atoms with Gasteiger partial charge in [0.15, 0.2) is 16.4 Å². The molecular weight excluding hydrogens is 417 g/mol. The summed E-state index contributed by atoms with van der Waals surface area (Å²) in [5.74, 6) is -1.26. The summed E-state index contributed by atoms with van der Waals surface area (Å²) in [7, 11) is -2.09. The number of nitrogens with one attached hydrogen (secondary N) is 1. The third-order valence-electron chi connectivity index (χ3n) is 3.36. The van der Waals surface area contributed by atoms with Crippen LogP contribution in [0.25, 0.3) is 0 Å². The number of sulfone groups is 1. The lowest BCUT2D eigenvalue weighted by Crippen LogP contribution is -2.21. The molecule has 10 heteroatoms. The van der Waals surface area contributed by atoms with Crippen LogP contribution < -0.4 is 10.1 Å². The van der Waals surface area contributed by atoms with E-state index >= 15 is 0 Å². The fraction of sp³-hybridized carbons (Fsp3) is 0.176. The van der Waals surface area contributed by atoms with Gasteiger partial charge in [0.25, 0.3) is 5.91 Å². The third-order valence-corrected chi connectivity index (χ3v) is 5.03. The molecule has 144 valence electrons. The highest BCUT2D eigenvalue weighted by Crippen LogP contribution is 2.26. The second-order valence-corrected chi connectivity index (χ2v) is 8.24. The van der Waals surface area contributed by atoms with E-state index in [9.17, 15) is 18.0 Å². The standard InChI is InChI=1S/C17H15Cl2NO6S/c1-25-15-6-3-10(18)7-12(15)17(22)26-9-16(21)20-14-8-11(27(2,23)24)4-5-13(14)19/h3-8H,9H2,1-2H3,(H,20,21). The number of ether oxygens (including phenoxy) is 2. The number of benzene rings is 2. The van der Waals surface area contributed by atoms with Gasteiger partial charge in [-0.3, -0.25) is 4.79 Å². The monoisotopic (exact) mass is 431 g/mol. The van der Waals surface area contributed by atoms with Crippen LogP contribution in [0.2, 0.25) is 10.0 Å². The van der Waals surface area contributed by atoms with Gasteiger partial charge in [0.1, 0.15) is 11.3 Å². The predicted octanol–water partition coefficient (Wildman–Crippen LogP) is 3.20. The largest absolute Gasteiger partial charge is 0.496 e. The van der Waals surface area contributed by atoms with Crippen LogP contribution in [0.3, 0.4) is 0 Å². The summed E-state index contributed by atoms with van der Waals surface area (Å²) < 4.78 is 33.2. The molecule has 0 unspecified atom stereocenters. The Bertz CT molecular complexity index is 991. The smallest absolute Gasteiger partial charge is 0.342 e. The van der Waals surface area contributed by atoms with E-state index in [1.54, 1.807) is 6.07 Å². The van der Waals surface area contributed by atoms with Gasteiger partial charge in [-0.05, 0) is 36.4 Å². The molecule has 0 saturated heterocycles. The van der Waals surface area contributed by atoms with Crippen molar-refractivity contribution >= 4 is 50.6 Å². The van der Waals surface area contributed by atoms with E-state index in [4.69, 9.17) is 32.7 Å². The number of anilines is 1. The van der Waals surface area contributed by atoms with Gasteiger partial charge in [-0.25, -0.2) is 13.2 Å². The molecule has 0 aliphatic rings. The Morgan fingerprint density at radius 2 is 1.81 bits per heavy atom. The van der Waals surface area contributed by atoms with E-state index in [0.717, 1.165) is 6.26 Å². The second-order valence-electron chi connectivity index (χ2n) is 5.38. The molecule has 0 aliphatic carbocycles. The summed E-state index contributed by atoms with van der Waals surface area (Å²) in [6.07, 6.45) is 1.03. The van der Waals surface area contributed by atoms with Crippen molar-refractivity contribution in [3.8, 4) is 5.75 Å². The summed E-state index contributed by atoms with van der Waals surface area (Å²) in [5, 5.41) is 2.84. The average Bonchev–Trinajstić information content (AvgIpc) is 2.60. The van der Waals surface area contributed by atoms with E-state index in [2.05, 4.69) is 5.32 Å². The highest BCUT2D eigenvalue weighted by molar-refractivity contribution is 7.90. The summed E-state index contributed by atoms with van der Waals surface area (Å²) in [6.45, 7) is -0.617. The molecule has 0 fully saturated rings. The molecule has 0 atom stereocenters. The Morgan fingerprint density at radius 1 is 1.11 bits per heavy atom. The van der Waals surface area contributed by atoms with Gasteiger partial charge in [0, 0.05) is 11.3 Å². The number of hydrogen-bond acceptors (Lipinski definition) is 6. The van der Waals surface area contributed by atoms with Crippen molar-refractivity contribution in [2.24, 2.45) is 0 Å². The van der Waals surface area contributed by atoms with Crippen LogP contribution in [0.4, 0.5) is 5.69 Å². The first kappa shape index (κ1) is 21.0. The van der Waals surface area contributed by atoms with Gasteiger partial charge in [0.2, 0.25) is 0 Å².